The Morgan fingerprint density at radius 2 is 2.04 bits per heavy atom. The predicted octanol–water partition coefficient (Wildman–Crippen LogP) is 2.66. The molecule has 1 aromatic rings. The molecule has 0 spiro atoms. The van der Waals surface area contributed by atoms with Gasteiger partial charge in [-0.2, -0.15) is 0 Å². The molecule has 4 nitrogen and oxygen atoms in total. The Morgan fingerprint density at radius 3 is 2.74 bits per heavy atom. The van der Waals surface area contributed by atoms with E-state index in [1.165, 1.54) is 17.7 Å². The number of halogens is 1. The standard InChI is InChI=1S/C18H26FN3O/c1-2-20-18(22-12-8-16-9-13-23-14-10-16)21-11-7-15-3-5-17(19)6-4-15/h3-6,9H,2,7-8,10-14H2,1H3,(H2,20,21,22). The molecule has 0 fully saturated rings. The van der Waals surface area contributed by atoms with Gasteiger partial charge in [-0.15, -0.1) is 0 Å². The van der Waals surface area contributed by atoms with E-state index in [4.69, 9.17) is 4.74 Å². The van der Waals surface area contributed by atoms with Gasteiger partial charge >= 0.3 is 0 Å². The Hall–Kier alpha value is -1.88. The lowest BCUT2D eigenvalue weighted by Crippen LogP contribution is -2.38. The summed E-state index contributed by atoms with van der Waals surface area (Å²) >= 11 is 0. The van der Waals surface area contributed by atoms with Crippen LogP contribution in [0.2, 0.25) is 0 Å². The second-order valence-electron chi connectivity index (χ2n) is 5.50. The summed E-state index contributed by atoms with van der Waals surface area (Å²) in [6.07, 6.45) is 5.00. The zero-order valence-corrected chi connectivity index (χ0v) is 13.8. The smallest absolute Gasteiger partial charge is 0.191 e. The summed E-state index contributed by atoms with van der Waals surface area (Å²) in [6, 6.07) is 6.63. The van der Waals surface area contributed by atoms with Gasteiger partial charge in [-0.3, -0.25) is 4.99 Å². The number of rotatable bonds is 7. The highest BCUT2D eigenvalue weighted by atomic mass is 19.1. The number of hydrogen-bond acceptors (Lipinski definition) is 2. The van der Waals surface area contributed by atoms with Gasteiger partial charge in [0.2, 0.25) is 0 Å². The van der Waals surface area contributed by atoms with Crippen molar-refractivity contribution < 1.29 is 9.13 Å². The highest BCUT2D eigenvalue weighted by molar-refractivity contribution is 5.79. The first-order chi connectivity index (χ1) is 11.3. The van der Waals surface area contributed by atoms with Crippen molar-refractivity contribution in [2.24, 2.45) is 4.99 Å². The lowest BCUT2D eigenvalue weighted by molar-refractivity contribution is 0.153. The first kappa shape index (κ1) is 17.5. The second kappa shape index (κ2) is 10.0. The van der Waals surface area contributed by atoms with Crippen molar-refractivity contribution in [3.63, 3.8) is 0 Å². The van der Waals surface area contributed by atoms with E-state index in [0.717, 1.165) is 63.6 Å². The molecule has 0 aromatic heterocycles. The summed E-state index contributed by atoms with van der Waals surface area (Å²) in [5.74, 6) is 0.640. The third-order valence-corrected chi connectivity index (χ3v) is 3.72. The molecule has 0 saturated heterocycles. The number of nitrogens with one attached hydrogen (secondary N) is 2. The molecule has 2 rings (SSSR count). The molecular weight excluding hydrogens is 293 g/mol. The largest absolute Gasteiger partial charge is 0.377 e. The van der Waals surface area contributed by atoms with Crippen LogP contribution in [0.25, 0.3) is 0 Å². The summed E-state index contributed by atoms with van der Waals surface area (Å²) < 4.78 is 18.2. The van der Waals surface area contributed by atoms with Gasteiger partial charge in [-0.1, -0.05) is 23.8 Å². The van der Waals surface area contributed by atoms with E-state index < -0.39 is 0 Å². The van der Waals surface area contributed by atoms with Crippen LogP contribution >= 0.6 is 0 Å². The minimum Gasteiger partial charge on any atom is -0.377 e. The number of guanidine groups is 1. The monoisotopic (exact) mass is 319 g/mol. The van der Waals surface area contributed by atoms with Gasteiger partial charge in [0.15, 0.2) is 5.96 Å². The number of nitrogens with zero attached hydrogens (tertiary/aromatic N) is 1. The minimum atomic E-state index is -0.195. The molecule has 126 valence electrons. The molecule has 5 heteroatoms. The van der Waals surface area contributed by atoms with E-state index in [-0.39, 0.29) is 5.82 Å². The van der Waals surface area contributed by atoms with Gasteiger partial charge in [-0.05, 0) is 43.9 Å². The van der Waals surface area contributed by atoms with Crippen molar-refractivity contribution in [2.75, 3.05) is 32.8 Å². The van der Waals surface area contributed by atoms with E-state index in [1.54, 1.807) is 0 Å². The molecule has 1 aromatic carbocycles. The Kier molecular flexibility index (Phi) is 7.60. The molecule has 1 aliphatic heterocycles. The van der Waals surface area contributed by atoms with Gasteiger partial charge < -0.3 is 15.4 Å². The lowest BCUT2D eigenvalue weighted by atomic mass is 10.1. The zero-order chi connectivity index (χ0) is 16.3. The quantitative estimate of drug-likeness (QED) is 0.461. The number of ether oxygens (including phenoxy) is 1. The van der Waals surface area contributed by atoms with Crippen molar-refractivity contribution in [1.82, 2.24) is 10.6 Å². The Balaban J connectivity index is 1.74. The fourth-order valence-electron chi connectivity index (χ4n) is 2.42. The fraction of sp³-hybridized carbons (Fsp3) is 0.500. The molecular formula is C18H26FN3O. The molecule has 1 heterocycles. The van der Waals surface area contributed by atoms with E-state index in [9.17, 15) is 4.39 Å². The molecule has 0 aliphatic carbocycles. The molecule has 0 bridgehead atoms. The fourth-order valence-corrected chi connectivity index (χ4v) is 2.42. The molecule has 2 N–H and O–H groups in total. The molecule has 0 radical (unpaired) electrons. The normalized spacial score (nSPS) is 15.2. The Labute approximate surface area is 137 Å². The van der Waals surface area contributed by atoms with Crippen LogP contribution in [0.4, 0.5) is 4.39 Å². The van der Waals surface area contributed by atoms with E-state index in [1.807, 2.05) is 12.1 Å². The second-order valence-corrected chi connectivity index (χ2v) is 5.50. The molecule has 0 atom stereocenters. The number of aliphatic imine (C=N–C) groups is 1. The predicted molar refractivity (Wildman–Crippen MR) is 92.2 cm³/mol. The van der Waals surface area contributed by atoms with E-state index in [0.29, 0.717) is 0 Å². The van der Waals surface area contributed by atoms with Crippen molar-refractivity contribution in [3.8, 4) is 0 Å². The van der Waals surface area contributed by atoms with Gasteiger partial charge in [0.25, 0.3) is 0 Å². The van der Waals surface area contributed by atoms with Crippen LogP contribution in [0.1, 0.15) is 25.3 Å². The van der Waals surface area contributed by atoms with Crippen LogP contribution in [0, 0.1) is 5.82 Å². The van der Waals surface area contributed by atoms with Crippen LogP contribution in [-0.2, 0) is 11.2 Å². The average Bonchev–Trinajstić information content (AvgIpc) is 2.58. The van der Waals surface area contributed by atoms with Crippen LogP contribution in [0.3, 0.4) is 0 Å². The van der Waals surface area contributed by atoms with Crippen LogP contribution in [0.5, 0.6) is 0 Å². The number of hydrogen-bond donors (Lipinski definition) is 2. The van der Waals surface area contributed by atoms with Crippen LogP contribution in [-0.4, -0.2) is 38.8 Å². The minimum absolute atomic E-state index is 0.195. The van der Waals surface area contributed by atoms with Crippen LogP contribution in [0.15, 0.2) is 40.9 Å². The van der Waals surface area contributed by atoms with Crippen molar-refractivity contribution in [3.05, 3.63) is 47.3 Å². The molecule has 23 heavy (non-hydrogen) atoms. The number of benzene rings is 1. The average molecular weight is 319 g/mol. The SMILES string of the molecule is CCNC(=NCCC1=CCOCC1)NCCc1ccc(F)cc1. The molecule has 0 amide bonds. The summed E-state index contributed by atoms with van der Waals surface area (Å²) in [6.45, 7) is 5.99. The van der Waals surface area contributed by atoms with Gasteiger partial charge in [0.05, 0.1) is 13.2 Å². The van der Waals surface area contributed by atoms with Crippen molar-refractivity contribution >= 4 is 5.96 Å². The summed E-state index contributed by atoms with van der Waals surface area (Å²) in [7, 11) is 0. The maximum absolute atomic E-state index is 12.9. The highest BCUT2D eigenvalue weighted by Crippen LogP contribution is 2.11. The van der Waals surface area contributed by atoms with E-state index in [2.05, 4.69) is 28.6 Å². The summed E-state index contributed by atoms with van der Waals surface area (Å²) in [5.41, 5.74) is 2.55. The van der Waals surface area contributed by atoms with Gasteiger partial charge in [0.1, 0.15) is 5.82 Å². The zero-order valence-electron chi connectivity index (χ0n) is 13.8. The Morgan fingerprint density at radius 1 is 1.22 bits per heavy atom. The summed E-state index contributed by atoms with van der Waals surface area (Å²) in [5, 5.41) is 6.57. The lowest BCUT2D eigenvalue weighted by Gasteiger charge is -2.14. The van der Waals surface area contributed by atoms with Crippen molar-refractivity contribution in [2.45, 2.75) is 26.2 Å². The molecule has 1 aliphatic rings. The third-order valence-electron chi connectivity index (χ3n) is 3.72. The summed E-state index contributed by atoms with van der Waals surface area (Å²) in [4.78, 5) is 4.61. The first-order valence-corrected chi connectivity index (χ1v) is 8.30. The maximum Gasteiger partial charge on any atom is 0.191 e. The third kappa shape index (κ3) is 6.82. The Bertz CT molecular complexity index is 526. The molecule has 0 unspecified atom stereocenters. The highest BCUT2D eigenvalue weighted by Gasteiger charge is 2.03. The maximum atomic E-state index is 12.9. The van der Waals surface area contributed by atoms with Gasteiger partial charge in [0, 0.05) is 19.6 Å². The van der Waals surface area contributed by atoms with Crippen LogP contribution < -0.4 is 10.6 Å². The van der Waals surface area contributed by atoms with Crippen molar-refractivity contribution in [1.29, 1.82) is 0 Å². The van der Waals surface area contributed by atoms with Gasteiger partial charge in [-0.25, -0.2) is 4.39 Å². The van der Waals surface area contributed by atoms with E-state index >= 15 is 0 Å². The topological polar surface area (TPSA) is 45.7 Å². The first-order valence-electron chi connectivity index (χ1n) is 8.30. The molecule has 0 saturated carbocycles.